The minimum atomic E-state index is -2.96. The molecule has 0 fully saturated rings. The number of amides is 1. The molecule has 112 valence electrons. The Morgan fingerprint density at radius 3 is 2.62 bits per heavy atom. The third-order valence-electron chi connectivity index (χ3n) is 2.95. The highest BCUT2D eigenvalue weighted by Crippen LogP contribution is 2.27. The number of benzene rings is 1. The van der Waals surface area contributed by atoms with E-state index in [-0.39, 0.29) is 17.1 Å². The number of hydrogen-bond acceptors (Lipinski definition) is 3. The average Bonchev–Trinajstić information content (AvgIpc) is 2.73. The number of aryl methyl sites for hydroxylation is 3. The van der Waals surface area contributed by atoms with Gasteiger partial charge in [-0.2, -0.15) is 13.9 Å². The maximum atomic E-state index is 12.4. The van der Waals surface area contributed by atoms with Crippen molar-refractivity contribution in [2.75, 3.05) is 5.32 Å². The predicted molar refractivity (Wildman–Crippen MR) is 73.7 cm³/mol. The first-order valence-electron chi connectivity index (χ1n) is 6.24. The Morgan fingerprint density at radius 1 is 1.33 bits per heavy atom. The van der Waals surface area contributed by atoms with E-state index in [1.165, 1.54) is 6.07 Å². The highest BCUT2D eigenvalue weighted by atomic mass is 19.3. The molecule has 1 N–H and O–H groups in total. The van der Waals surface area contributed by atoms with Gasteiger partial charge in [-0.25, -0.2) is 0 Å². The zero-order valence-corrected chi connectivity index (χ0v) is 11.9. The molecule has 0 atom stereocenters. The van der Waals surface area contributed by atoms with Crippen LogP contribution in [0.15, 0.2) is 24.3 Å². The average molecular weight is 295 g/mol. The zero-order valence-electron chi connectivity index (χ0n) is 11.9. The molecular weight excluding hydrogens is 280 g/mol. The third kappa shape index (κ3) is 3.56. The molecule has 0 saturated carbocycles. The standard InChI is InChI=1S/C14H15F2N3O2/c1-8-4-5-12(21-14(15)16)10(6-8)17-13(20)11-7-9(2)19(3)18-11/h4-7,14H,1-3H3,(H,17,20). The fourth-order valence-electron chi connectivity index (χ4n) is 1.80. The predicted octanol–water partition coefficient (Wildman–Crippen LogP) is 2.89. The lowest BCUT2D eigenvalue weighted by atomic mass is 10.2. The van der Waals surface area contributed by atoms with Crippen molar-refractivity contribution in [2.24, 2.45) is 7.05 Å². The van der Waals surface area contributed by atoms with Crippen molar-refractivity contribution in [1.29, 1.82) is 0 Å². The van der Waals surface area contributed by atoms with Crippen LogP contribution in [0.3, 0.4) is 0 Å². The summed E-state index contributed by atoms with van der Waals surface area (Å²) in [7, 11) is 1.71. The second-order valence-electron chi connectivity index (χ2n) is 4.63. The molecule has 2 rings (SSSR count). The number of anilines is 1. The van der Waals surface area contributed by atoms with Crippen molar-refractivity contribution in [1.82, 2.24) is 9.78 Å². The Hall–Kier alpha value is -2.44. The number of nitrogens with one attached hydrogen (secondary N) is 1. The van der Waals surface area contributed by atoms with Crippen LogP contribution in [0.25, 0.3) is 0 Å². The Bertz CT molecular complexity index is 649. The molecule has 1 heterocycles. The van der Waals surface area contributed by atoms with Gasteiger partial charge in [-0.15, -0.1) is 0 Å². The van der Waals surface area contributed by atoms with Crippen LogP contribution in [-0.2, 0) is 7.05 Å². The highest BCUT2D eigenvalue weighted by Gasteiger charge is 2.15. The molecular formula is C14H15F2N3O2. The van der Waals surface area contributed by atoms with Gasteiger partial charge < -0.3 is 10.1 Å². The second kappa shape index (κ2) is 5.90. The minimum absolute atomic E-state index is 0.0865. The van der Waals surface area contributed by atoms with Gasteiger partial charge in [0.15, 0.2) is 5.69 Å². The molecule has 0 aliphatic carbocycles. The van der Waals surface area contributed by atoms with E-state index < -0.39 is 12.5 Å². The van der Waals surface area contributed by atoms with Crippen molar-refractivity contribution < 1.29 is 18.3 Å². The first-order valence-corrected chi connectivity index (χ1v) is 6.24. The maximum absolute atomic E-state index is 12.4. The van der Waals surface area contributed by atoms with Crippen LogP contribution >= 0.6 is 0 Å². The van der Waals surface area contributed by atoms with E-state index in [1.54, 1.807) is 36.9 Å². The van der Waals surface area contributed by atoms with Gasteiger partial charge in [0.25, 0.3) is 5.91 Å². The van der Waals surface area contributed by atoms with Crippen LogP contribution < -0.4 is 10.1 Å². The van der Waals surface area contributed by atoms with Gasteiger partial charge >= 0.3 is 6.61 Å². The molecule has 21 heavy (non-hydrogen) atoms. The highest BCUT2D eigenvalue weighted by molar-refractivity contribution is 6.03. The van der Waals surface area contributed by atoms with E-state index in [1.807, 2.05) is 6.92 Å². The quantitative estimate of drug-likeness (QED) is 0.943. The Morgan fingerprint density at radius 2 is 2.05 bits per heavy atom. The number of carbonyl (C=O) groups is 1. The van der Waals surface area contributed by atoms with Crippen LogP contribution in [-0.4, -0.2) is 22.3 Å². The van der Waals surface area contributed by atoms with E-state index >= 15 is 0 Å². The van der Waals surface area contributed by atoms with Crippen molar-refractivity contribution in [3.05, 3.63) is 41.2 Å². The van der Waals surface area contributed by atoms with E-state index in [2.05, 4.69) is 15.2 Å². The molecule has 0 spiro atoms. The number of aromatic nitrogens is 2. The number of nitrogens with zero attached hydrogens (tertiary/aromatic N) is 2. The van der Waals surface area contributed by atoms with Gasteiger partial charge in [-0.1, -0.05) is 6.07 Å². The van der Waals surface area contributed by atoms with Gasteiger partial charge in [0, 0.05) is 12.7 Å². The van der Waals surface area contributed by atoms with Crippen LogP contribution in [0.4, 0.5) is 14.5 Å². The zero-order chi connectivity index (χ0) is 15.6. The molecule has 5 nitrogen and oxygen atoms in total. The monoisotopic (exact) mass is 295 g/mol. The minimum Gasteiger partial charge on any atom is -0.433 e. The summed E-state index contributed by atoms with van der Waals surface area (Å²) in [5.74, 6) is -0.569. The number of ether oxygens (including phenoxy) is 1. The van der Waals surface area contributed by atoms with E-state index in [9.17, 15) is 13.6 Å². The Kier molecular flexibility index (Phi) is 4.21. The molecule has 0 unspecified atom stereocenters. The Balaban J connectivity index is 2.25. The maximum Gasteiger partial charge on any atom is 0.387 e. The number of rotatable bonds is 4. The number of hydrogen-bond donors (Lipinski definition) is 1. The lowest BCUT2D eigenvalue weighted by molar-refractivity contribution is -0.0493. The topological polar surface area (TPSA) is 56.1 Å². The summed E-state index contributed by atoms with van der Waals surface area (Å²) in [5.41, 5.74) is 2.01. The summed E-state index contributed by atoms with van der Waals surface area (Å²) < 4.78 is 30.7. The number of halogens is 2. The third-order valence-corrected chi connectivity index (χ3v) is 2.95. The largest absolute Gasteiger partial charge is 0.433 e. The first-order chi connectivity index (χ1) is 9.86. The Labute approximate surface area is 120 Å². The van der Waals surface area contributed by atoms with Gasteiger partial charge in [-0.3, -0.25) is 9.48 Å². The van der Waals surface area contributed by atoms with Crippen LogP contribution in [0.5, 0.6) is 5.75 Å². The summed E-state index contributed by atoms with van der Waals surface area (Å²) in [6.45, 7) is 0.634. The lowest BCUT2D eigenvalue weighted by Gasteiger charge is -2.12. The molecule has 0 aliphatic heterocycles. The SMILES string of the molecule is Cc1ccc(OC(F)F)c(NC(=O)c2cc(C)n(C)n2)c1. The summed E-state index contributed by atoms with van der Waals surface area (Å²) in [6, 6.07) is 6.18. The normalized spacial score (nSPS) is 10.8. The molecule has 0 radical (unpaired) electrons. The fraction of sp³-hybridized carbons (Fsp3) is 0.286. The molecule has 0 bridgehead atoms. The van der Waals surface area contributed by atoms with Crippen LogP contribution in [0, 0.1) is 13.8 Å². The smallest absolute Gasteiger partial charge is 0.387 e. The molecule has 1 aromatic heterocycles. The molecule has 7 heteroatoms. The number of alkyl halides is 2. The molecule has 1 amide bonds. The molecule has 1 aromatic carbocycles. The van der Waals surface area contributed by atoms with E-state index in [4.69, 9.17) is 0 Å². The van der Waals surface area contributed by atoms with E-state index in [0.717, 1.165) is 11.3 Å². The fourth-order valence-corrected chi connectivity index (χ4v) is 1.80. The van der Waals surface area contributed by atoms with Crippen molar-refractivity contribution >= 4 is 11.6 Å². The van der Waals surface area contributed by atoms with E-state index in [0.29, 0.717) is 0 Å². The van der Waals surface area contributed by atoms with Gasteiger partial charge in [0.05, 0.1) is 5.69 Å². The van der Waals surface area contributed by atoms with Crippen LogP contribution in [0.2, 0.25) is 0 Å². The van der Waals surface area contributed by atoms with Crippen LogP contribution in [0.1, 0.15) is 21.7 Å². The summed E-state index contributed by atoms with van der Waals surface area (Å²) in [5, 5.41) is 6.58. The van der Waals surface area contributed by atoms with Gasteiger partial charge in [-0.05, 0) is 37.6 Å². The first kappa shape index (κ1) is 15.0. The summed E-state index contributed by atoms with van der Waals surface area (Å²) in [4.78, 5) is 12.1. The van der Waals surface area contributed by atoms with Gasteiger partial charge in [0.2, 0.25) is 0 Å². The van der Waals surface area contributed by atoms with Gasteiger partial charge in [0.1, 0.15) is 5.75 Å². The van der Waals surface area contributed by atoms with Crippen molar-refractivity contribution in [2.45, 2.75) is 20.5 Å². The van der Waals surface area contributed by atoms with Crippen molar-refractivity contribution in [3.8, 4) is 5.75 Å². The molecule has 2 aromatic rings. The molecule has 0 saturated heterocycles. The summed E-state index contributed by atoms with van der Waals surface area (Å²) >= 11 is 0. The molecule has 0 aliphatic rings. The number of carbonyl (C=O) groups excluding carboxylic acids is 1. The second-order valence-corrected chi connectivity index (χ2v) is 4.63. The summed E-state index contributed by atoms with van der Waals surface area (Å²) in [6.07, 6.45) is 0. The lowest BCUT2D eigenvalue weighted by Crippen LogP contribution is -2.15. The van der Waals surface area contributed by atoms with Crippen molar-refractivity contribution in [3.63, 3.8) is 0 Å².